The molecule has 2 heteroatoms. The lowest BCUT2D eigenvalue weighted by Crippen LogP contribution is -2.00. The second-order valence-electron chi connectivity index (χ2n) is 4.07. The van der Waals surface area contributed by atoms with E-state index in [1.165, 1.54) is 17.2 Å². The van der Waals surface area contributed by atoms with Crippen LogP contribution in [0, 0.1) is 27.7 Å². The topological polar surface area (TPSA) is 30.2 Å². The highest BCUT2D eigenvalue weighted by molar-refractivity contribution is 5.84. The van der Waals surface area contributed by atoms with E-state index in [4.69, 9.17) is 4.42 Å². The molecule has 0 amide bonds. The second-order valence-corrected chi connectivity index (χ2v) is 4.07. The standard InChI is InChI=1S/C13H14O2/c1-7-5-11-8(2)6-12(14)15-13(11)10(4)9(7)3/h5-6H,1-4H3. The van der Waals surface area contributed by atoms with Crippen LogP contribution in [-0.2, 0) is 0 Å². The van der Waals surface area contributed by atoms with Crippen LogP contribution in [0.5, 0.6) is 0 Å². The van der Waals surface area contributed by atoms with Gasteiger partial charge in [0.15, 0.2) is 0 Å². The fraction of sp³-hybridized carbons (Fsp3) is 0.308. The zero-order chi connectivity index (χ0) is 11.2. The SMILES string of the molecule is Cc1cc2c(C)cc(=O)oc2c(C)c1C. The van der Waals surface area contributed by atoms with E-state index >= 15 is 0 Å². The zero-order valence-electron chi connectivity index (χ0n) is 9.47. The van der Waals surface area contributed by atoms with E-state index in [0.29, 0.717) is 0 Å². The average molecular weight is 202 g/mol. The van der Waals surface area contributed by atoms with E-state index in [0.717, 1.165) is 22.1 Å². The Hall–Kier alpha value is -1.57. The van der Waals surface area contributed by atoms with Crippen LogP contribution in [0.15, 0.2) is 21.3 Å². The highest BCUT2D eigenvalue weighted by Gasteiger charge is 2.08. The predicted molar refractivity (Wildman–Crippen MR) is 61.4 cm³/mol. The Bertz CT molecular complexity index is 591. The molecule has 0 saturated heterocycles. The van der Waals surface area contributed by atoms with Gasteiger partial charge in [-0.1, -0.05) is 0 Å². The lowest BCUT2D eigenvalue weighted by Gasteiger charge is -2.09. The number of fused-ring (bicyclic) bond motifs is 1. The van der Waals surface area contributed by atoms with Gasteiger partial charge in [-0.05, 0) is 56.0 Å². The molecule has 0 aliphatic carbocycles. The Morgan fingerprint density at radius 2 is 1.60 bits per heavy atom. The molecule has 0 spiro atoms. The first kappa shape index (κ1) is 9.97. The summed E-state index contributed by atoms with van der Waals surface area (Å²) in [5.74, 6) is 0. The van der Waals surface area contributed by atoms with Gasteiger partial charge in [0.1, 0.15) is 5.58 Å². The summed E-state index contributed by atoms with van der Waals surface area (Å²) >= 11 is 0. The van der Waals surface area contributed by atoms with Crippen molar-refractivity contribution in [3.63, 3.8) is 0 Å². The van der Waals surface area contributed by atoms with Crippen molar-refractivity contribution < 1.29 is 4.42 Å². The maximum atomic E-state index is 11.3. The van der Waals surface area contributed by atoms with Gasteiger partial charge in [-0.15, -0.1) is 0 Å². The number of benzene rings is 1. The molecule has 0 bridgehead atoms. The molecule has 0 N–H and O–H groups in total. The molecule has 78 valence electrons. The summed E-state index contributed by atoms with van der Waals surface area (Å²) in [6, 6.07) is 3.62. The summed E-state index contributed by atoms with van der Waals surface area (Å²) in [6.07, 6.45) is 0. The van der Waals surface area contributed by atoms with Crippen molar-refractivity contribution in [2.45, 2.75) is 27.7 Å². The van der Waals surface area contributed by atoms with Gasteiger partial charge in [0.2, 0.25) is 0 Å². The van der Waals surface area contributed by atoms with E-state index < -0.39 is 0 Å². The summed E-state index contributed by atoms with van der Waals surface area (Å²) in [5, 5.41) is 1.04. The molecular weight excluding hydrogens is 188 g/mol. The van der Waals surface area contributed by atoms with Gasteiger partial charge >= 0.3 is 5.63 Å². The van der Waals surface area contributed by atoms with Crippen LogP contribution in [0.3, 0.4) is 0 Å². The third-order valence-corrected chi connectivity index (χ3v) is 3.06. The molecule has 0 radical (unpaired) electrons. The van der Waals surface area contributed by atoms with Gasteiger partial charge in [0, 0.05) is 11.5 Å². The van der Waals surface area contributed by atoms with E-state index in [2.05, 4.69) is 13.0 Å². The number of rotatable bonds is 0. The molecule has 0 saturated carbocycles. The zero-order valence-corrected chi connectivity index (χ0v) is 9.47. The quantitative estimate of drug-likeness (QED) is 0.615. The van der Waals surface area contributed by atoms with Crippen molar-refractivity contribution in [1.29, 1.82) is 0 Å². The molecule has 0 fully saturated rings. The van der Waals surface area contributed by atoms with Crippen molar-refractivity contribution in [2.24, 2.45) is 0 Å². The minimum atomic E-state index is -0.272. The van der Waals surface area contributed by atoms with Crippen LogP contribution < -0.4 is 5.63 Å². The first-order valence-corrected chi connectivity index (χ1v) is 5.02. The monoisotopic (exact) mass is 202 g/mol. The van der Waals surface area contributed by atoms with E-state index in [-0.39, 0.29) is 5.63 Å². The molecule has 2 rings (SSSR count). The molecule has 0 atom stereocenters. The first-order valence-electron chi connectivity index (χ1n) is 5.02. The third kappa shape index (κ3) is 1.46. The van der Waals surface area contributed by atoms with Gasteiger partial charge in [-0.3, -0.25) is 0 Å². The Morgan fingerprint density at radius 3 is 2.27 bits per heavy atom. The summed E-state index contributed by atoms with van der Waals surface area (Å²) in [7, 11) is 0. The molecule has 1 aromatic heterocycles. The number of hydrogen-bond donors (Lipinski definition) is 0. The van der Waals surface area contributed by atoms with Crippen molar-refractivity contribution >= 4 is 11.0 Å². The van der Waals surface area contributed by atoms with E-state index in [9.17, 15) is 4.79 Å². The van der Waals surface area contributed by atoms with Crippen LogP contribution in [0.1, 0.15) is 22.3 Å². The molecular formula is C13H14O2. The van der Waals surface area contributed by atoms with Crippen LogP contribution in [-0.4, -0.2) is 0 Å². The highest BCUT2D eigenvalue weighted by atomic mass is 16.4. The first-order chi connectivity index (χ1) is 7.00. The van der Waals surface area contributed by atoms with Crippen molar-refractivity contribution in [2.75, 3.05) is 0 Å². The average Bonchev–Trinajstić information content (AvgIpc) is 2.17. The van der Waals surface area contributed by atoms with Crippen LogP contribution in [0.4, 0.5) is 0 Å². The fourth-order valence-corrected chi connectivity index (χ4v) is 1.87. The van der Waals surface area contributed by atoms with Crippen molar-refractivity contribution in [3.05, 3.63) is 44.8 Å². The normalized spacial score (nSPS) is 10.9. The van der Waals surface area contributed by atoms with Crippen LogP contribution in [0.25, 0.3) is 11.0 Å². The Balaban J connectivity index is 3.05. The molecule has 0 aliphatic rings. The molecule has 1 aromatic carbocycles. The van der Waals surface area contributed by atoms with Gasteiger partial charge in [0.05, 0.1) is 0 Å². The van der Waals surface area contributed by atoms with Crippen molar-refractivity contribution in [1.82, 2.24) is 0 Å². The smallest absolute Gasteiger partial charge is 0.336 e. The van der Waals surface area contributed by atoms with Gasteiger partial charge in [-0.25, -0.2) is 4.79 Å². The highest BCUT2D eigenvalue weighted by Crippen LogP contribution is 2.25. The fourth-order valence-electron chi connectivity index (χ4n) is 1.87. The third-order valence-electron chi connectivity index (χ3n) is 3.06. The Morgan fingerprint density at radius 1 is 0.933 bits per heavy atom. The molecule has 15 heavy (non-hydrogen) atoms. The van der Waals surface area contributed by atoms with Gasteiger partial charge < -0.3 is 4.42 Å². The van der Waals surface area contributed by atoms with Gasteiger partial charge in [-0.2, -0.15) is 0 Å². The number of aryl methyl sites for hydroxylation is 3. The lowest BCUT2D eigenvalue weighted by molar-refractivity contribution is 0.557. The maximum absolute atomic E-state index is 11.3. The van der Waals surface area contributed by atoms with Crippen LogP contribution in [0.2, 0.25) is 0 Å². The minimum Gasteiger partial charge on any atom is -0.422 e. The minimum absolute atomic E-state index is 0.272. The Kier molecular flexibility index (Phi) is 2.14. The molecule has 2 aromatic rings. The molecule has 2 nitrogen and oxygen atoms in total. The van der Waals surface area contributed by atoms with Crippen molar-refractivity contribution in [3.8, 4) is 0 Å². The summed E-state index contributed by atoms with van der Waals surface area (Å²) in [6.45, 7) is 8.05. The largest absolute Gasteiger partial charge is 0.422 e. The van der Waals surface area contributed by atoms with E-state index in [1.807, 2.05) is 20.8 Å². The van der Waals surface area contributed by atoms with E-state index in [1.54, 1.807) is 0 Å². The lowest BCUT2D eigenvalue weighted by atomic mass is 9.99. The Labute approximate surface area is 88.5 Å². The van der Waals surface area contributed by atoms with Gasteiger partial charge in [0.25, 0.3) is 0 Å². The summed E-state index contributed by atoms with van der Waals surface area (Å²) in [4.78, 5) is 11.3. The predicted octanol–water partition coefficient (Wildman–Crippen LogP) is 3.03. The second kappa shape index (κ2) is 3.23. The summed E-state index contributed by atoms with van der Waals surface area (Å²) in [5.41, 5.74) is 4.92. The molecule has 0 unspecified atom stereocenters. The molecule has 0 aliphatic heterocycles. The number of hydrogen-bond acceptors (Lipinski definition) is 2. The summed E-state index contributed by atoms with van der Waals surface area (Å²) < 4.78 is 5.25. The maximum Gasteiger partial charge on any atom is 0.336 e. The molecule has 1 heterocycles. The van der Waals surface area contributed by atoms with Crippen LogP contribution >= 0.6 is 0 Å².